The maximum atomic E-state index is 13.1. The number of ketones is 1. The normalized spacial score (nSPS) is 17.5. The lowest BCUT2D eigenvalue weighted by Crippen LogP contribution is -2.29. The van der Waals surface area contributed by atoms with E-state index >= 15 is 0 Å². The number of nitrogens with zero attached hydrogens (tertiary/aromatic N) is 2. The number of anilines is 1. The topological polar surface area (TPSA) is 89.0 Å². The fourth-order valence-electron chi connectivity index (χ4n) is 3.75. The van der Waals surface area contributed by atoms with Gasteiger partial charge in [0.2, 0.25) is 0 Å². The number of benzene rings is 2. The number of carbonyl (C=O) groups excluding carboxylic acids is 2. The summed E-state index contributed by atoms with van der Waals surface area (Å²) >= 11 is 6.05. The number of aliphatic hydroxyl groups excluding tert-OH is 1. The number of Topliss-reactive ketones (excluding diaryl/α,β-unsaturated/α-hetero) is 1. The van der Waals surface area contributed by atoms with Crippen LogP contribution in [-0.4, -0.2) is 35.3 Å². The summed E-state index contributed by atoms with van der Waals surface area (Å²) in [4.78, 5) is 31.2. The van der Waals surface area contributed by atoms with Crippen molar-refractivity contribution in [3.63, 3.8) is 0 Å². The minimum absolute atomic E-state index is 0.0385. The number of aliphatic hydroxyl groups is 1. The SMILES string of the molecule is COc1cc(/C(O)=C2\C(=O)C(=O)N(c3cccc(OC(F)(F)F)c3)C2c2ccncc2)ccc1Cl. The van der Waals surface area contributed by atoms with E-state index in [0.29, 0.717) is 5.56 Å². The molecule has 1 aliphatic rings. The quantitative estimate of drug-likeness (QED) is 0.289. The van der Waals surface area contributed by atoms with Crippen molar-refractivity contribution in [3.8, 4) is 11.5 Å². The van der Waals surface area contributed by atoms with Crippen molar-refractivity contribution in [2.45, 2.75) is 12.4 Å². The number of aromatic nitrogens is 1. The zero-order chi connectivity index (χ0) is 25.3. The minimum Gasteiger partial charge on any atom is -0.507 e. The van der Waals surface area contributed by atoms with Crippen LogP contribution >= 0.6 is 11.6 Å². The van der Waals surface area contributed by atoms with Gasteiger partial charge >= 0.3 is 6.36 Å². The number of hydrogen-bond donors (Lipinski definition) is 1. The molecular formula is C24H16ClF3N2O5. The Morgan fingerprint density at radius 2 is 1.80 bits per heavy atom. The molecule has 1 saturated heterocycles. The Kier molecular flexibility index (Phi) is 6.40. The predicted octanol–water partition coefficient (Wildman–Crippen LogP) is 5.27. The number of amides is 1. The summed E-state index contributed by atoms with van der Waals surface area (Å²) in [6, 6.07) is 10.8. The number of ether oxygens (including phenoxy) is 2. The van der Waals surface area contributed by atoms with Gasteiger partial charge in [-0.25, -0.2) is 0 Å². The number of halogens is 4. The van der Waals surface area contributed by atoms with Crippen molar-refractivity contribution in [1.82, 2.24) is 4.98 Å². The van der Waals surface area contributed by atoms with Crippen LogP contribution in [0.5, 0.6) is 11.5 Å². The van der Waals surface area contributed by atoms with Gasteiger partial charge in [0.15, 0.2) is 0 Å². The molecule has 3 aromatic rings. The van der Waals surface area contributed by atoms with Crippen molar-refractivity contribution in [2.24, 2.45) is 0 Å². The Hall–Kier alpha value is -4.05. The summed E-state index contributed by atoms with van der Waals surface area (Å²) < 4.78 is 47.4. The summed E-state index contributed by atoms with van der Waals surface area (Å²) in [5.74, 6) is -2.93. The minimum atomic E-state index is -4.95. The third-order valence-electron chi connectivity index (χ3n) is 5.22. The lowest BCUT2D eigenvalue weighted by Gasteiger charge is -2.25. The lowest BCUT2D eigenvalue weighted by molar-refractivity contribution is -0.274. The Bertz CT molecular complexity index is 1330. The highest BCUT2D eigenvalue weighted by atomic mass is 35.5. The van der Waals surface area contributed by atoms with Gasteiger partial charge in [0.25, 0.3) is 11.7 Å². The highest BCUT2D eigenvalue weighted by Gasteiger charge is 2.47. The Morgan fingerprint density at radius 3 is 2.46 bits per heavy atom. The fourth-order valence-corrected chi connectivity index (χ4v) is 3.95. The van der Waals surface area contributed by atoms with Gasteiger partial charge in [0, 0.05) is 29.7 Å². The van der Waals surface area contributed by atoms with Crippen LogP contribution in [0.4, 0.5) is 18.9 Å². The van der Waals surface area contributed by atoms with Crippen molar-refractivity contribution in [1.29, 1.82) is 0 Å². The third kappa shape index (κ3) is 4.78. The molecule has 1 aromatic heterocycles. The van der Waals surface area contributed by atoms with Gasteiger partial charge in [0.05, 0.1) is 23.7 Å². The zero-order valence-corrected chi connectivity index (χ0v) is 18.7. The van der Waals surface area contributed by atoms with Crippen LogP contribution in [0.2, 0.25) is 5.02 Å². The second-order valence-corrected chi connectivity index (χ2v) is 7.75. The van der Waals surface area contributed by atoms with Crippen LogP contribution < -0.4 is 14.4 Å². The van der Waals surface area contributed by atoms with Crippen LogP contribution in [0.15, 0.2) is 72.6 Å². The molecule has 0 radical (unpaired) electrons. The highest BCUT2D eigenvalue weighted by molar-refractivity contribution is 6.51. The summed E-state index contributed by atoms with van der Waals surface area (Å²) in [5.41, 5.74) is 0.234. The number of rotatable bonds is 5. The molecule has 1 aliphatic heterocycles. The van der Waals surface area contributed by atoms with Crippen LogP contribution in [0.25, 0.3) is 5.76 Å². The largest absolute Gasteiger partial charge is 0.573 e. The first-order valence-corrected chi connectivity index (χ1v) is 10.4. The van der Waals surface area contributed by atoms with Crippen molar-refractivity contribution in [2.75, 3.05) is 12.0 Å². The van der Waals surface area contributed by atoms with E-state index in [2.05, 4.69) is 9.72 Å². The van der Waals surface area contributed by atoms with Gasteiger partial charge in [-0.05, 0) is 48.0 Å². The first-order valence-electron chi connectivity index (χ1n) is 10.0. The van der Waals surface area contributed by atoms with E-state index < -0.39 is 35.6 Å². The van der Waals surface area contributed by atoms with Gasteiger partial charge in [-0.15, -0.1) is 13.2 Å². The number of pyridine rings is 1. The van der Waals surface area contributed by atoms with E-state index in [9.17, 15) is 27.9 Å². The average Bonchev–Trinajstić information content (AvgIpc) is 3.09. The number of carbonyl (C=O) groups is 2. The van der Waals surface area contributed by atoms with E-state index in [0.717, 1.165) is 17.0 Å². The number of methoxy groups -OCH3 is 1. The van der Waals surface area contributed by atoms with Gasteiger partial charge in [0.1, 0.15) is 17.3 Å². The molecule has 35 heavy (non-hydrogen) atoms. The van der Waals surface area contributed by atoms with Crippen LogP contribution in [0, 0.1) is 0 Å². The van der Waals surface area contributed by atoms with Gasteiger partial charge in [-0.1, -0.05) is 17.7 Å². The molecule has 1 amide bonds. The Labute approximate surface area is 202 Å². The lowest BCUT2D eigenvalue weighted by atomic mass is 9.95. The van der Waals surface area contributed by atoms with E-state index in [-0.39, 0.29) is 27.6 Å². The van der Waals surface area contributed by atoms with E-state index in [1.165, 1.54) is 62.0 Å². The van der Waals surface area contributed by atoms with Crippen LogP contribution in [0.3, 0.4) is 0 Å². The molecular weight excluding hydrogens is 489 g/mol. The predicted molar refractivity (Wildman–Crippen MR) is 120 cm³/mol. The highest BCUT2D eigenvalue weighted by Crippen LogP contribution is 2.43. The van der Waals surface area contributed by atoms with Crippen LogP contribution in [0.1, 0.15) is 17.2 Å². The molecule has 1 atom stereocenters. The zero-order valence-electron chi connectivity index (χ0n) is 17.9. The molecule has 2 aromatic carbocycles. The first-order chi connectivity index (χ1) is 16.6. The van der Waals surface area contributed by atoms with Crippen molar-refractivity contribution in [3.05, 3.63) is 88.7 Å². The molecule has 0 spiro atoms. The second kappa shape index (κ2) is 9.30. The average molecular weight is 505 g/mol. The molecule has 1 unspecified atom stereocenters. The van der Waals surface area contributed by atoms with Crippen LogP contribution in [-0.2, 0) is 9.59 Å². The molecule has 0 bridgehead atoms. The molecule has 2 heterocycles. The van der Waals surface area contributed by atoms with E-state index in [4.69, 9.17) is 16.3 Å². The molecule has 0 saturated carbocycles. The van der Waals surface area contributed by atoms with E-state index in [1.807, 2.05) is 0 Å². The first kappa shape index (κ1) is 24.1. The molecule has 7 nitrogen and oxygen atoms in total. The Morgan fingerprint density at radius 1 is 1.09 bits per heavy atom. The summed E-state index contributed by atoms with van der Waals surface area (Å²) in [7, 11) is 1.37. The maximum absolute atomic E-state index is 13.1. The summed E-state index contributed by atoms with van der Waals surface area (Å²) in [5, 5.41) is 11.4. The summed E-state index contributed by atoms with van der Waals surface area (Å²) in [6.45, 7) is 0. The van der Waals surface area contributed by atoms with E-state index in [1.54, 1.807) is 0 Å². The monoisotopic (exact) mass is 504 g/mol. The molecule has 180 valence electrons. The second-order valence-electron chi connectivity index (χ2n) is 7.34. The molecule has 1 fully saturated rings. The third-order valence-corrected chi connectivity index (χ3v) is 5.53. The smallest absolute Gasteiger partial charge is 0.507 e. The fraction of sp³-hybridized carbons (Fsp3) is 0.125. The standard InChI is InChI=1S/C24H16ClF3N2O5/c1-34-18-11-14(5-6-17(18)25)21(31)19-20(13-7-9-29-10-8-13)30(23(33)22(19)32)15-3-2-4-16(12-15)35-24(26,27)28/h2-12,20,31H,1H3/b21-19+. The molecule has 11 heteroatoms. The summed E-state index contributed by atoms with van der Waals surface area (Å²) in [6.07, 6.45) is -2.11. The number of hydrogen-bond acceptors (Lipinski definition) is 6. The Balaban J connectivity index is 1.90. The van der Waals surface area contributed by atoms with Crippen molar-refractivity contribution >= 4 is 34.7 Å². The van der Waals surface area contributed by atoms with Gasteiger partial charge in [-0.3, -0.25) is 19.5 Å². The number of alkyl halides is 3. The van der Waals surface area contributed by atoms with Gasteiger partial charge < -0.3 is 14.6 Å². The maximum Gasteiger partial charge on any atom is 0.573 e. The van der Waals surface area contributed by atoms with Gasteiger partial charge in [-0.2, -0.15) is 0 Å². The molecule has 1 N–H and O–H groups in total. The molecule has 4 rings (SSSR count). The van der Waals surface area contributed by atoms with Crippen molar-refractivity contribution < 1.29 is 37.3 Å². The molecule has 0 aliphatic carbocycles.